The maximum Gasteiger partial charge on any atom is 0.417 e. The highest BCUT2D eigenvalue weighted by Crippen LogP contribution is 2.30. The number of hydrogen-bond acceptors (Lipinski definition) is 4. The molecule has 2 N–H and O–H groups in total. The van der Waals surface area contributed by atoms with Gasteiger partial charge in [-0.1, -0.05) is 18.2 Å². The van der Waals surface area contributed by atoms with Crippen LogP contribution in [0.3, 0.4) is 0 Å². The minimum Gasteiger partial charge on any atom is -0.321 e. The van der Waals surface area contributed by atoms with Crippen molar-refractivity contribution in [3.63, 3.8) is 0 Å². The maximum atomic E-state index is 12.8. The molecule has 1 amide bonds. The number of carbonyl (C=O) groups excluding carboxylic acids is 1. The number of anilines is 2. The largest absolute Gasteiger partial charge is 0.417 e. The Morgan fingerprint density at radius 2 is 1.71 bits per heavy atom. The van der Waals surface area contributed by atoms with Crippen LogP contribution >= 0.6 is 0 Å². The summed E-state index contributed by atoms with van der Waals surface area (Å²) in [4.78, 5) is 15.9. The Morgan fingerprint density at radius 3 is 2.39 bits per heavy atom. The van der Waals surface area contributed by atoms with Gasteiger partial charge in [-0.25, -0.2) is 8.42 Å². The number of carbonyl (C=O) groups is 1. The molecule has 3 rings (SSSR count). The number of aryl methyl sites for hydroxylation is 2. The lowest BCUT2D eigenvalue weighted by atomic mass is 10.1. The molecule has 31 heavy (non-hydrogen) atoms. The number of aromatic nitrogens is 1. The first kappa shape index (κ1) is 22.3. The summed E-state index contributed by atoms with van der Waals surface area (Å²) < 4.78 is 66.7. The summed E-state index contributed by atoms with van der Waals surface area (Å²) in [6, 6.07) is 11.5. The number of sulfonamides is 1. The molecule has 0 aliphatic rings. The van der Waals surface area contributed by atoms with E-state index in [4.69, 9.17) is 0 Å². The van der Waals surface area contributed by atoms with E-state index in [2.05, 4.69) is 15.0 Å². The van der Waals surface area contributed by atoms with Gasteiger partial charge >= 0.3 is 6.18 Å². The number of pyridine rings is 1. The van der Waals surface area contributed by atoms with Crippen molar-refractivity contribution in [3.05, 3.63) is 83.2 Å². The monoisotopic (exact) mass is 449 g/mol. The quantitative estimate of drug-likeness (QED) is 0.587. The molecule has 0 fully saturated rings. The van der Waals surface area contributed by atoms with Crippen LogP contribution in [-0.4, -0.2) is 19.3 Å². The Morgan fingerprint density at radius 1 is 0.968 bits per heavy atom. The first-order chi connectivity index (χ1) is 14.5. The lowest BCUT2D eigenvalue weighted by Gasteiger charge is -2.13. The van der Waals surface area contributed by atoms with E-state index in [1.165, 1.54) is 18.2 Å². The van der Waals surface area contributed by atoms with Gasteiger partial charge in [0.15, 0.2) is 0 Å². The summed E-state index contributed by atoms with van der Waals surface area (Å²) in [7, 11) is -4.01. The van der Waals surface area contributed by atoms with E-state index in [0.29, 0.717) is 17.4 Å². The van der Waals surface area contributed by atoms with Crippen LogP contribution in [0, 0.1) is 13.8 Å². The molecule has 0 aliphatic carbocycles. The molecule has 6 nitrogen and oxygen atoms in total. The smallest absolute Gasteiger partial charge is 0.321 e. The van der Waals surface area contributed by atoms with Gasteiger partial charge in [0.05, 0.1) is 22.3 Å². The third-order valence-electron chi connectivity index (χ3n) is 4.33. The molecule has 162 valence electrons. The third-order valence-corrected chi connectivity index (χ3v) is 5.86. The van der Waals surface area contributed by atoms with E-state index < -0.39 is 27.7 Å². The number of nitrogens with one attached hydrogen (secondary N) is 2. The van der Waals surface area contributed by atoms with E-state index in [-0.39, 0.29) is 16.1 Å². The molecule has 0 radical (unpaired) electrons. The second kappa shape index (κ2) is 8.38. The van der Waals surface area contributed by atoms with Crippen LogP contribution in [0.5, 0.6) is 0 Å². The SMILES string of the molecule is Cc1cccc(NS(=O)(=O)c2cc(C(=O)Nc3cncc(C(F)(F)F)c3)ccc2C)c1. The summed E-state index contributed by atoms with van der Waals surface area (Å²) in [5.74, 6) is -0.770. The summed E-state index contributed by atoms with van der Waals surface area (Å²) in [5, 5.41) is 2.31. The second-order valence-corrected chi connectivity index (χ2v) is 8.52. The fraction of sp³-hybridized carbons (Fsp3) is 0.143. The number of halogens is 3. The van der Waals surface area contributed by atoms with E-state index >= 15 is 0 Å². The van der Waals surface area contributed by atoms with Crippen LogP contribution in [0.25, 0.3) is 0 Å². The van der Waals surface area contributed by atoms with Crippen LogP contribution in [0.2, 0.25) is 0 Å². The van der Waals surface area contributed by atoms with Crippen molar-refractivity contribution < 1.29 is 26.4 Å². The molecule has 3 aromatic rings. The summed E-state index contributed by atoms with van der Waals surface area (Å²) >= 11 is 0. The number of hydrogen-bond donors (Lipinski definition) is 2. The predicted octanol–water partition coefficient (Wildman–Crippen LogP) is 4.77. The second-order valence-electron chi connectivity index (χ2n) is 6.87. The minimum atomic E-state index is -4.61. The molecular weight excluding hydrogens is 431 g/mol. The average molecular weight is 449 g/mol. The minimum absolute atomic E-state index is 0.0346. The molecule has 0 aliphatic heterocycles. The normalized spacial score (nSPS) is 11.8. The van der Waals surface area contributed by atoms with E-state index in [0.717, 1.165) is 17.8 Å². The van der Waals surface area contributed by atoms with Gasteiger partial charge in [-0.05, 0) is 55.3 Å². The Kier molecular flexibility index (Phi) is 6.03. The van der Waals surface area contributed by atoms with Crippen LogP contribution < -0.4 is 10.0 Å². The highest BCUT2D eigenvalue weighted by atomic mass is 32.2. The highest BCUT2D eigenvalue weighted by Gasteiger charge is 2.31. The average Bonchev–Trinajstić information content (AvgIpc) is 2.67. The Labute approximate surface area is 177 Å². The maximum absolute atomic E-state index is 12.8. The standard InChI is InChI=1S/C21H18F3N3O3S/c1-13-4-3-5-17(8-13)27-31(29,30)19-9-15(7-6-14(19)2)20(28)26-18-10-16(11-25-12-18)21(22,23)24/h3-12,27H,1-2H3,(H,26,28). The number of amides is 1. The van der Waals surface area contributed by atoms with Crippen LogP contribution in [0.15, 0.2) is 65.8 Å². The van der Waals surface area contributed by atoms with Crippen molar-refractivity contribution >= 4 is 27.3 Å². The topological polar surface area (TPSA) is 88.2 Å². The highest BCUT2D eigenvalue weighted by molar-refractivity contribution is 7.92. The van der Waals surface area contributed by atoms with E-state index in [9.17, 15) is 26.4 Å². The zero-order valence-corrected chi connectivity index (χ0v) is 17.3. The van der Waals surface area contributed by atoms with Crippen LogP contribution in [-0.2, 0) is 16.2 Å². The lowest BCUT2D eigenvalue weighted by molar-refractivity contribution is -0.137. The third kappa shape index (κ3) is 5.40. The predicted molar refractivity (Wildman–Crippen MR) is 110 cm³/mol. The van der Waals surface area contributed by atoms with Crippen molar-refractivity contribution in [2.24, 2.45) is 0 Å². The van der Waals surface area contributed by atoms with Crippen molar-refractivity contribution in [2.45, 2.75) is 24.9 Å². The van der Waals surface area contributed by atoms with Crippen molar-refractivity contribution in [2.75, 3.05) is 10.0 Å². The number of rotatable bonds is 5. The molecule has 0 bridgehead atoms. The van der Waals surface area contributed by atoms with E-state index in [1.807, 2.05) is 13.0 Å². The molecule has 1 heterocycles. The number of nitrogens with zero attached hydrogens (tertiary/aromatic N) is 1. The van der Waals surface area contributed by atoms with Crippen molar-refractivity contribution in [1.29, 1.82) is 0 Å². The van der Waals surface area contributed by atoms with Gasteiger partial charge < -0.3 is 5.32 Å². The molecule has 2 aromatic carbocycles. The van der Waals surface area contributed by atoms with Crippen molar-refractivity contribution in [3.8, 4) is 0 Å². The van der Waals surface area contributed by atoms with Gasteiger partial charge in [-0.3, -0.25) is 14.5 Å². The van der Waals surface area contributed by atoms with Crippen LogP contribution in [0.1, 0.15) is 27.0 Å². The Hall–Kier alpha value is -3.40. The fourth-order valence-corrected chi connectivity index (χ4v) is 4.14. The molecule has 0 atom stereocenters. The molecule has 1 aromatic heterocycles. The Balaban J connectivity index is 1.87. The summed E-state index contributed by atoms with van der Waals surface area (Å²) in [6.07, 6.45) is -2.90. The molecule has 0 saturated heterocycles. The van der Waals surface area contributed by atoms with Gasteiger partial charge in [-0.2, -0.15) is 13.2 Å². The van der Waals surface area contributed by atoms with Gasteiger partial charge in [0.25, 0.3) is 15.9 Å². The zero-order valence-electron chi connectivity index (χ0n) is 16.5. The first-order valence-corrected chi connectivity index (χ1v) is 10.5. The van der Waals surface area contributed by atoms with E-state index in [1.54, 1.807) is 25.1 Å². The van der Waals surface area contributed by atoms with Crippen molar-refractivity contribution in [1.82, 2.24) is 4.98 Å². The summed E-state index contributed by atoms with van der Waals surface area (Å²) in [5.41, 5.74) is 0.414. The van der Waals surface area contributed by atoms with Gasteiger partial charge in [-0.15, -0.1) is 0 Å². The summed E-state index contributed by atoms with van der Waals surface area (Å²) in [6.45, 7) is 3.39. The molecule has 0 saturated carbocycles. The van der Waals surface area contributed by atoms with Gasteiger partial charge in [0.2, 0.25) is 0 Å². The first-order valence-electron chi connectivity index (χ1n) is 8.99. The lowest BCUT2D eigenvalue weighted by Crippen LogP contribution is -2.17. The molecule has 0 spiro atoms. The molecule has 10 heteroatoms. The zero-order chi connectivity index (χ0) is 22.8. The van der Waals surface area contributed by atoms with Gasteiger partial charge in [0, 0.05) is 17.4 Å². The molecule has 0 unspecified atom stereocenters. The number of benzene rings is 2. The van der Waals surface area contributed by atoms with Crippen LogP contribution in [0.4, 0.5) is 24.5 Å². The number of alkyl halides is 3. The fourth-order valence-electron chi connectivity index (χ4n) is 2.82. The Bertz CT molecular complexity index is 1240. The molecular formula is C21H18F3N3O3S. The van der Waals surface area contributed by atoms with Gasteiger partial charge in [0.1, 0.15) is 0 Å².